The van der Waals surface area contributed by atoms with Crippen LogP contribution in [0.25, 0.3) is 16.2 Å². The maximum Gasteiger partial charge on any atom is 0.416 e. The van der Waals surface area contributed by atoms with Crippen LogP contribution >= 0.6 is 11.3 Å². The van der Waals surface area contributed by atoms with Gasteiger partial charge in [0.2, 0.25) is 0 Å². The van der Waals surface area contributed by atoms with E-state index in [0.717, 1.165) is 12.1 Å². The van der Waals surface area contributed by atoms with Gasteiger partial charge in [0, 0.05) is 11.6 Å². The smallest absolute Gasteiger partial charge is 0.416 e. The fraction of sp³-hybridized carbons (Fsp3) is 0.0769. The Kier molecular flexibility index (Phi) is 2.98. The minimum Gasteiger partial charge on any atom is -0.476 e. The number of thiazole rings is 1. The van der Waals surface area contributed by atoms with E-state index in [1.54, 1.807) is 9.78 Å². The van der Waals surface area contributed by atoms with E-state index in [-0.39, 0.29) is 5.69 Å². The summed E-state index contributed by atoms with van der Waals surface area (Å²) in [5.41, 5.74) is 0.330. The van der Waals surface area contributed by atoms with Crippen molar-refractivity contribution >= 4 is 22.3 Å². The van der Waals surface area contributed by atoms with Crippen LogP contribution in [-0.4, -0.2) is 20.5 Å². The molecular formula is C13H7F3N2O2S. The summed E-state index contributed by atoms with van der Waals surface area (Å²) in [7, 11) is 0. The Hall–Kier alpha value is -2.35. The predicted octanol–water partition coefficient (Wildman–Crippen LogP) is 3.78. The number of aromatic carboxylic acids is 1. The number of aromatic nitrogens is 2. The molecule has 0 saturated heterocycles. The van der Waals surface area contributed by atoms with Crippen LogP contribution < -0.4 is 0 Å². The molecule has 0 bridgehead atoms. The average Bonchev–Trinajstić information content (AvgIpc) is 2.97. The molecular weight excluding hydrogens is 305 g/mol. The van der Waals surface area contributed by atoms with Gasteiger partial charge in [0.05, 0.1) is 11.3 Å². The zero-order valence-electron chi connectivity index (χ0n) is 10.3. The summed E-state index contributed by atoms with van der Waals surface area (Å²) in [6.45, 7) is 0. The first-order valence-corrected chi connectivity index (χ1v) is 6.62. The van der Waals surface area contributed by atoms with Gasteiger partial charge in [-0.25, -0.2) is 9.78 Å². The van der Waals surface area contributed by atoms with Gasteiger partial charge >= 0.3 is 12.1 Å². The van der Waals surface area contributed by atoms with Crippen molar-refractivity contribution in [3.8, 4) is 11.3 Å². The Morgan fingerprint density at radius 2 is 1.90 bits per heavy atom. The molecule has 21 heavy (non-hydrogen) atoms. The molecule has 8 heteroatoms. The summed E-state index contributed by atoms with van der Waals surface area (Å²) in [6, 6.07) is 4.69. The second kappa shape index (κ2) is 4.59. The maximum absolute atomic E-state index is 12.5. The van der Waals surface area contributed by atoms with Crippen molar-refractivity contribution in [1.82, 2.24) is 9.38 Å². The lowest BCUT2D eigenvalue weighted by Crippen LogP contribution is -2.04. The highest BCUT2D eigenvalue weighted by atomic mass is 32.1. The monoisotopic (exact) mass is 312 g/mol. The van der Waals surface area contributed by atoms with Crippen LogP contribution in [0, 0.1) is 0 Å². The van der Waals surface area contributed by atoms with Crippen LogP contribution in [0.15, 0.2) is 35.8 Å². The summed E-state index contributed by atoms with van der Waals surface area (Å²) < 4.78 is 39.1. The predicted molar refractivity (Wildman–Crippen MR) is 70.5 cm³/mol. The Labute approximate surface area is 120 Å². The zero-order valence-corrected chi connectivity index (χ0v) is 11.1. The molecule has 0 atom stereocenters. The number of hydrogen-bond acceptors (Lipinski definition) is 3. The number of carboxylic acids is 1. The van der Waals surface area contributed by atoms with E-state index in [1.165, 1.54) is 29.7 Å². The molecule has 3 aromatic rings. The van der Waals surface area contributed by atoms with Gasteiger partial charge in [-0.3, -0.25) is 4.40 Å². The Morgan fingerprint density at radius 3 is 2.48 bits per heavy atom. The van der Waals surface area contributed by atoms with E-state index in [9.17, 15) is 18.0 Å². The van der Waals surface area contributed by atoms with Gasteiger partial charge in [-0.05, 0) is 17.7 Å². The lowest BCUT2D eigenvalue weighted by Gasteiger charge is -2.07. The van der Waals surface area contributed by atoms with Gasteiger partial charge < -0.3 is 5.11 Å². The second-order valence-electron chi connectivity index (χ2n) is 4.28. The molecule has 0 amide bonds. The number of fused-ring (bicyclic) bond motifs is 1. The standard InChI is InChI=1S/C13H7F3N2O2S/c14-13(15,16)8-3-1-7(2-4-8)10-6-21-12-17-9(11(19)20)5-18(10)12/h1-6H,(H,19,20). The normalized spacial score (nSPS) is 12.0. The highest BCUT2D eigenvalue weighted by Crippen LogP contribution is 2.32. The molecule has 4 nitrogen and oxygen atoms in total. The molecule has 1 N–H and O–H groups in total. The number of alkyl halides is 3. The topological polar surface area (TPSA) is 54.6 Å². The molecule has 0 aliphatic carbocycles. The van der Waals surface area contributed by atoms with Crippen LogP contribution in [-0.2, 0) is 6.18 Å². The number of rotatable bonds is 2. The molecule has 3 rings (SSSR count). The van der Waals surface area contributed by atoms with Crippen LogP contribution in [0.2, 0.25) is 0 Å². The van der Waals surface area contributed by atoms with Crippen LogP contribution in [0.4, 0.5) is 13.2 Å². The van der Waals surface area contributed by atoms with Crippen molar-refractivity contribution in [3.63, 3.8) is 0 Å². The molecule has 0 aliphatic heterocycles. The van der Waals surface area contributed by atoms with Crippen molar-refractivity contribution in [2.45, 2.75) is 6.18 Å². The molecule has 0 aliphatic rings. The Bertz CT molecular complexity index is 818. The molecule has 0 radical (unpaired) electrons. The lowest BCUT2D eigenvalue weighted by molar-refractivity contribution is -0.137. The van der Waals surface area contributed by atoms with Gasteiger partial charge in [0.15, 0.2) is 10.7 Å². The number of nitrogens with zero attached hydrogens (tertiary/aromatic N) is 2. The zero-order chi connectivity index (χ0) is 15.2. The van der Waals surface area contributed by atoms with E-state index in [4.69, 9.17) is 5.11 Å². The maximum atomic E-state index is 12.5. The van der Waals surface area contributed by atoms with Gasteiger partial charge in [-0.1, -0.05) is 12.1 Å². The van der Waals surface area contributed by atoms with Crippen LogP contribution in [0.5, 0.6) is 0 Å². The lowest BCUT2D eigenvalue weighted by atomic mass is 10.1. The quantitative estimate of drug-likeness (QED) is 0.783. The van der Waals surface area contributed by atoms with Gasteiger partial charge in [-0.2, -0.15) is 13.2 Å². The largest absolute Gasteiger partial charge is 0.476 e. The molecule has 2 heterocycles. The number of benzene rings is 1. The van der Waals surface area contributed by atoms with Crippen molar-refractivity contribution in [1.29, 1.82) is 0 Å². The molecule has 0 spiro atoms. The molecule has 0 unspecified atom stereocenters. The van der Waals surface area contributed by atoms with Crippen molar-refractivity contribution in [2.24, 2.45) is 0 Å². The first-order valence-electron chi connectivity index (χ1n) is 5.74. The summed E-state index contributed by atoms with van der Waals surface area (Å²) in [5.74, 6) is -1.15. The highest BCUT2D eigenvalue weighted by Gasteiger charge is 2.30. The van der Waals surface area contributed by atoms with E-state index >= 15 is 0 Å². The Morgan fingerprint density at radius 1 is 1.24 bits per heavy atom. The van der Waals surface area contributed by atoms with Crippen molar-refractivity contribution in [3.05, 3.63) is 47.1 Å². The third-order valence-electron chi connectivity index (χ3n) is 2.94. The number of carbonyl (C=O) groups is 1. The fourth-order valence-corrected chi connectivity index (χ4v) is 2.81. The summed E-state index contributed by atoms with van der Waals surface area (Å²) >= 11 is 1.22. The number of carboxylic acid groups (broad SMARTS) is 1. The Balaban J connectivity index is 2.06. The third-order valence-corrected chi connectivity index (χ3v) is 3.78. The molecule has 108 valence electrons. The first-order chi connectivity index (χ1) is 9.86. The van der Waals surface area contributed by atoms with Crippen molar-refractivity contribution in [2.75, 3.05) is 0 Å². The number of halogens is 3. The second-order valence-corrected chi connectivity index (χ2v) is 5.12. The molecule has 0 fully saturated rings. The van der Waals surface area contributed by atoms with Gasteiger partial charge in [0.25, 0.3) is 0 Å². The summed E-state index contributed by atoms with van der Waals surface area (Å²) in [6.07, 6.45) is -3.03. The fourth-order valence-electron chi connectivity index (χ4n) is 1.92. The van der Waals surface area contributed by atoms with Gasteiger partial charge in [0.1, 0.15) is 0 Å². The van der Waals surface area contributed by atoms with Crippen LogP contribution in [0.3, 0.4) is 0 Å². The SMILES string of the molecule is O=C(O)c1cn2c(-c3ccc(C(F)(F)F)cc3)csc2n1. The number of hydrogen-bond donors (Lipinski definition) is 1. The minimum absolute atomic E-state index is 0.102. The number of imidazole rings is 1. The summed E-state index contributed by atoms with van der Waals surface area (Å²) in [4.78, 5) is 15.3. The molecule has 1 aromatic carbocycles. The average molecular weight is 312 g/mol. The van der Waals surface area contributed by atoms with E-state index < -0.39 is 17.7 Å². The van der Waals surface area contributed by atoms with Crippen molar-refractivity contribution < 1.29 is 23.1 Å². The van der Waals surface area contributed by atoms with E-state index in [0.29, 0.717) is 16.2 Å². The first kappa shape index (κ1) is 13.6. The summed E-state index contributed by atoms with van der Waals surface area (Å²) in [5, 5.41) is 10.6. The molecule has 0 saturated carbocycles. The van der Waals surface area contributed by atoms with Gasteiger partial charge in [-0.15, -0.1) is 11.3 Å². The molecule has 2 aromatic heterocycles. The highest BCUT2D eigenvalue weighted by molar-refractivity contribution is 7.15. The van der Waals surface area contributed by atoms with E-state index in [2.05, 4.69) is 4.98 Å². The third kappa shape index (κ3) is 2.38. The van der Waals surface area contributed by atoms with Crippen LogP contribution in [0.1, 0.15) is 16.1 Å². The minimum atomic E-state index is -4.38. The van der Waals surface area contributed by atoms with E-state index in [1.807, 2.05) is 0 Å².